The van der Waals surface area contributed by atoms with E-state index in [1.54, 1.807) is 18.2 Å². The minimum Gasteiger partial charge on any atom is -0.493 e. The van der Waals surface area contributed by atoms with Gasteiger partial charge in [0.15, 0.2) is 5.69 Å². The van der Waals surface area contributed by atoms with Gasteiger partial charge in [0.2, 0.25) is 11.0 Å². The number of aromatic hydroxyl groups is 1. The summed E-state index contributed by atoms with van der Waals surface area (Å²) in [7, 11) is 0. The summed E-state index contributed by atoms with van der Waals surface area (Å²) >= 11 is 11.1. The third-order valence-electron chi connectivity index (χ3n) is 3.76. The topological polar surface area (TPSA) is 85.2 Å². The Kier molecular flexibility index (Phi) is 5.62. The monoisotopic (exact) mass is 367 g/mol. The van der Waals surface area contributed by atoms with Gasteiger partial charge in [-0.25, -0.2) is 0 Å². The highest BCUT2D eigenvalue weighted by Crippen LogP contribution is 2.36. The van der Waals surface area contributed by atoms with Crippen LogP contribution in [-0.4, -0.2) is 59.5 Å². The van der Waals surface area contributed by atoms with Crippen LogP contribution in [0.5, 0.6) is 5.88 Å². The molecule has 0 unspecified atom stereocenters. The molecule has 0 saturated carbocycles. The molecule has 9 heteroatoms. The highest BCUT2D eigenvalue weighted by molar-refractivity contribution is 7.80. The number of azo groups is 1. The van der Waals surface area contributed by atoms with Crippen LogP contribution in [0.15, 0.2) is 28.4 Å². The van der Waals surface area contributed by atoms with Gasteiger partial charge in [0.05, 0.1) is 18.7 Å². The third-order valence-corrected chi connectivity index (χ3v) is 4.22. The first-order valence-corrected chi connectivity index (χ1v) is 8.42. The molecule has 0 aliphatic carbocycles. The van der Waals surface area contributed by atoms with E-state index in [9.17, 15) is 5.11 Å². The summed E-state index contributed by atoms with van der Waals surface area (Å²) in [6.07, 6.45) is 0. The van der Waals surface area contributed by atoms with E-state index >= 15 is 0 Å². The van der Waals surface area contributed by atoms with E-state index in [2.05, 4.69) is 25.4 Å². The molecule has 3 N–H and O–H groups in total. The Balaban J connectivity index is 1.58. The van der Waals surface area contributed by atoms with Gasteiger partial charge < -0.3 is 20.1 Å². The summed E-state index contributed by atoms with van der Waals surface area (Å²) in [6.45, 7) is 4.95. The highest BCUT2D eigenvalue weighted by atomic mass is 35.5. The second-order valence-electron chi connectivity index (χ2n) is 5.40. The van der Waals surface area contributed by atoms with Crippen molar-refractivity contribution >= 4 is 45.5 Å². The second kappa shape index (κ2) is 7.89. The maximum Gasteiger partial charge on any atom is 0.218 e. The van der Waals surface area contributed by atoms with E-state index in [4.69, 9.17) is 28.6 Å². The zero-order valence-electron chi connectivity index (χ0n) is 13.0. The molecular weight excluding hydrogens is 350 g/mol. The second-order valence-corrected chi connectivity index (χ2v) is 6.22. The Bertz CT molecular complexity index is 758. The summed E-state index contributed by atoms with van der Waals surface area (Å²) in [5.41, 5.74) is 1.06. The van der Waals surface area contributed by atoms with E-state index in [1.807, 2.05) is 0 Å². The number of H-pyrrole nitrogens is 1. The van der Waals surface area contributed by atoms with E-state index in [0.717, 1.165) is 38.4 Å². The number of hydrogen-bond acceptors (Lipinski definition) is 5. The van der Waals surface area contributed by atoms with Crippen molar-refractivity contribution in [1.82, 2.24) is 15.2 Å². The molecule has 24 heavy (non-hydrogen) atoms. The van der Waals surface area contributed by atoms with Gasteiger partial charge in [-0.15, -0.1) is 10.2 Å². The lowest BCUT2D eigenvalue weighted by Crippen LogP contribution is -2.40. The number of fused-ring (bicyclic) bond motifs is 1. The van der Waals surface area contributed by atoms with Crippen LogP contribution in [0.25, 0.3) is 10.9 Å². The molecule has 0 amide bonds. The number of thiocarbonyl (C=S) groups is 1. The number of rotatable bonds is 4. The fraction of sp³-hybridized carbons (Fsp3) is 0.400. The molecule has 0 radical (unpaired) electrons. The molecule has 1 saturated heterocycles. The number of aromatic amines is 1. The number of ether oxygens (including phenoxy) is 1. The lowest BCUT2D eigenvalue weighted by atomic mass is 10.2. The summed E-state index contributed by atoms with van der Waals surface area (Å²) in [5.74, 6) is -0.0628. The first-order valence-electron chi connectivity index (χ1n) is 7.63. The van der Waals surface area contributed by atoms with Gasteiger partial charge in [-0.1, -0.05) is 11.6 Å². The number of aromatic nitrogens is 1. The zero-order chi connectivity index (χ0) is 16.9. The molecule has 1 aromatic heterocycles. The Labute approximate surface area is 149 Å². The van der Waals surface area contributed by atoms with Crippen molar-refractivity contribution < 1.29 is 9.84 Å². The molecule has 0 bridgehead atoms. The van der Waals surface area contributed by atoms with Crippen LogP contribution < -0.4 is 5.32 Å². The average Bonchev–Trinajstić information content (AvgIpc) is 2.88. The molecule has 128 valence electrons. The summed E-state index contributed by atoms with van der Waals surface area (Å²) < 4.78 is 5.30. The number of benzene rings is 1. The molecule has 1 aliphatic heterocycles. The Morgan fingerprint density at radius 2 is 2.21 bits per heavy atom. The fourth-order valence-corrected chi connectivity index (χ4v) is 2.83. The number of nitrogens with one attached hydrogen (secondary N) is 2. The van der Waals surface area contributed by atoms with Gasteiger partial charge >= 0.3 is 0 Å². The first-order chi connectivity index (χ1) is 11.6. The highest BCUT2D eigenvalue weighted by Gasteiger charge is 2.11. The number of halogens is 1. The van der Waals surface area contributed by atoms with Crippen molar-refractivity contribution in [3.05, 3.63) is 23.2 Å². The van der Waals surface area contributed by atoms with Crippen LogP contribution in [0.3, 0.4) is 0 Å². The molecule has 1 aliphatic rings. The van der Waals surface area contributed by atoms with E-state index < -0.39 is 0 Å². The van der Waals surface area contributed by atoms with Crippen molar-refractivity contribution in [3.8, 4) is 5.88 Å². The molecule has 3 rings (SSSR count). The molecule has 2 heterocycles. The van der Waals surface area contributed by atoms with Gasteiger partial charge in [-0.3, -0.25) is 4.90 Å². The van der Waals surface area contributed by atoms with Gasteiger partial charge in [0.25, 0.3) is 0 Å². The van der Waals surface area contributed by atoms with Gasteiger partial charge in [0, 0.05) is 36.6 Å². The maximum atomic E-state index is 9.95. The van der Waals surface area contributed by atoms with Gasteiger partial charge in [0.1, 0.15) is 0 Å². The quantitative estimate of drug-likeness (QED) is 0.571. The summed E-state index contributed by atoms with van der Waals surface area (Å²) in [5, 5.41) is 22.5. The fourth-order valence-electron chi connectivity index (χ4n) is 2.51. The number of morpholine rings is 1. The van der Waals surface area contributed by atoms with Crippen molar-refractivity contribution in [3.63, 3.8) is 0 Å². The maximum absolute atomic E-state index is 9.95. The summed E-state index contributed by atoms with van der Waals surface area (Å²) in [4.78, 5) is 5.12. The van der Waals surface area contributed by atoms with Gasteiger partial charge in [-0.2, -0.15) is 0 Å². The SMILES string of the molecule is Oc1[nH]c2ccc(Cl)cc2c1N=NC(=S)NCCN1CCOCC1. The lowest BCUT2D eigenvalue weighted by Gasteiger charge is -2.26. The van der Waals surface area contributed by atoms with Crippen LogP contribution in [0.4, 0.5) is 5.69 Å². The molecule has 1 fully saturated rings. The Morgan fingerprint density at radius 3 is 3.00 bits per heavy atom. The predicted molar refractivity (Wildman–Crippen MR) is 97.3 cm³/mol. The lowest BCUT2D eigenvalue weighted by molar-refractivity contribution is 0.0389. The van der Waals surface area contributed by atoms with Crippen LogP contribution in [0.2, 0.25) is 5.02 Å². The normalized spacial score (nSPS) is 16.0. The van der Waals surface area contributed by atoms with E-state index in [-0.39, 0.29) is 11.0 Å². The minimum atomic E-state index is -0.0628. The smallest absolute Gasteiger partial charge is 0.218 e. The van der Waals surface area contributed by atoms with Crippen molar-refractivity contribution in [2.75, 3.05) is 39.4 Å². The van der Waals surface area contributed by atoms with Crippen molar-refractivity contribution in [1.29, 1.82) is 0 Å². The van der Waals surface area contributed by atoms with E-state index in [1.165, 1.54) is 0 Å². The Hall–Kier alpha value is -1.74. The first kappa shape index (κ1) is 17.1. The van der Waals surface area contributed by atoms with Gasteiger partial charge in [-0.05, 0) is 30.4 Å². The van der Waals surface area contributed by atoms with Crippen molar-refractivity contribution in [2.45, 2.75) is 0 Å². The molecule has 1 aromatic carbocycles. The van der Waals surface area contributed by atoms with E-state index in [0.29, 0.717) is 22.6 Å². The standard InChI is InChI=1S/C15H18ClN5O2S/c16-10-1-2-12-11(9-10)13(14(22)18-12)19-20-15(24)17-3-4-21-5-7-23-8-6-21/h1-2,9,18,22H,3-8H2,(H,17,24). The molecule has 7 nitrogen and oxygen atoms in total. The molecule has 0 spiro atoms. The van der Waals surface area contributed by atoms with Crippen molar-refractivity contribution in [2.24, 2.45) is 10.2 Å². The summed E-state index contributed by atoms with van der Waals surface area (Å²) in [6, 6.07) is 5.23. The zero-order valence-corrected chi connectivity index (χ0v) is 14.5. The number of hydrogen-bond donors (Lipinski definition) is 3. The molecule has 2 aromatic rings. The average molecular weight is 368 g/mol. The number of nitrogens with zero attached hydrogens (tertiary/aromatic N) is 3. The minimum absolute atomic E-state index is 0.0628. The van der Waals surface area contributed by atoms with Crippen LogP contribution in [0, 0.1) is 0 Å². The van der Waals surface area contributed by atoms with Crippen LogP contribution in [0.1, 0.15) is 0 Å². The van der Waals surface area contributed by atoms with Crippen LogP contribution in [-0.2, 0) is 4.74 Å². The Morgan fingerprint density at radius 1 is 1.42 bits per heavy atom. The molecule has 0 atom stereocenters. The predicted octanol–water partition coefficient (Wildman–Crippen LogP) is 2.82. The largest absolute Gasteiger partial charge is 0.493 e. The van der Waals surface area contributed by atoms with Crippen LogP contribution >= 0.6 is 23.8 Å². The molecular formula is C15H18ClN5O2S. The third kappa shape index (κ3) is 4.21.